The molecule has 5 nitrogen and oxygen atoms in total. The lowest BCUT2D eigenvalue weighted by molar-refractivity contribution is 0.0112. The summed E-state index contributed by atoms with van der Waals surface area (Å²) in [6.07, 6.45) is -0.816. The first-order valence-corrected chi connectivity index (χ1v) is 11.1. The van der Waals surface area contributed by atoms with Crippen molar-refractivity contribution >= 4 is 20.0 Å². The van der Waals surface area contributed by atoms with Crippen LogP contribution in [0.5, 0.6) is 0 Å². The van der Waals surface area contributed by atoms with Crippen molar-refractivity contribution in [1.82, 2.24) is 0 Å². The number of rotatable bonds is 7. The van der Waals surface area contributed by atoms with Gasteiger partial charge in [0.05, 0.1) is 12.2 Å². The molecule has 136 valence electrons. The Hall–Kier alpha value is -1.37. The second-order valence-corrected chi connectivity index (χ2v) is 12.6. The average Bonchev–Trinajstić information content (AvgIpc) is 2.49. The molecule has 1 N–H and O–H groups in total. The normalized spacial score (nSPS) is 13.5. The van der Waals surface area contributed by atoms with E-state index in [1.165, 1.54) is 0 Å². The van der Waals surface area contributed by atoms with Crippen molar-refractivity contribution in [3.63, 3.8) is 0 Å². The van der Waals surface area contributed by atoms with Gasteiger partial charge in [0, 0.05) is 19.8 Å². The minimum Gasteiger partial charge on any atom is -0.459 e. The van der Waals surface area contributed by atoms with Gasteiger partial charge in [-0.2, -0.15) is 0 Å². The Labute approximate surface area is 146 Å². The lowest BCUT2D eigenvalue weighted by atomic mass is 10.2. The van der Waals surface area contributed by atoms with Gasteiger partial charge in [0.25, 0.3) is 0 Å². The van der Waals surface area contributed by atoms with Gasteiger partial charge in [0.2, 0.25) is 0 Å². The zero-order valence-corrected chi connectivity index (χ0v) is 16.9. The van der Waals surface area contributed by atoms with Gasteiger partial charge in [-0.1, -0.05) is 20.8 Å². The van der Waals surface area contributed by atoms with E-state index >= 15 is 0 Å². The van der Waals surface area contributed by atoms with E-state index < -0.39 is 20.4 Å². The lowest BCUT2D eigenvalue weighted by Gasteiger charge is -2.36. The first-order chi connectivity index (χ1) is 10.9. The van der Waals surface area contributed by atoms with Crippen molar-refractivity contribution < 1.29 is 19.1 Å². The Balaban J connectivity index is 2.46. The fourth-order valence-corrected chi connectivity index (χ4v) is 2.76. The number of ether oxygens (including phenoxy) is 1. The Morgan fingerprint density at radius 2 is 1.71 bits per heavy atom. The van der Waals surface area contributed by atoms with Crippen LogP contribution in [-0.2, 0) is 9.16 Å². The minimum absolute atomic E-state index is 0.0666. The smallest absolute Gasteiger partial charge is 0.338 e. The molecule has 0 aromatic heterocycles. The van der Waals surface area contributed by atoms with Crippen LogP contribution in [0, 0.1) is 0 Å². The first-order valence-electron chi connectivity index (χ1n) is 8.20. The van der Waals surface area contributed by atoms with E-state index in [0.717, 1.165) is 5.69 Å². The molecule has 0 bridgehead atoms. The van der Waals surface area contributed by atoms with E-state index in [1.54, 1.807) is 12.1 Å². The molecule has 1 aromatic carbocycles. The molecule has 0 aliphatic rings. The fourth-order valence-electron chi connectivity index (χ4n) is 1.72. The van der Waals surface area contributed by atoms with Crippen LogP contribution in [0.1, 0.15) is 31.1 Å². The highest BCUT2D eigenvalue weighted by molar-refractivity contribution is 6.74. The number of hydrogen-bond acceptors (Lipinski definition) is 5. The molecular weight excluding hydrogens is 322 g/mol. The largest absolute Gasteiger partial charge is 0.459 e. The summed E-state index contributed by atoms with van der Waals surface area (Å²) < 4.78 is 11.1. The predicted molar refractivity (Wildman–Crippen MR) is 100 cm³/mol. The maximum Gasteiger partial charge on any atom is 0.338 e. The van der Waals surface area contributed by atoms with Crippen molar-refractivity contribution in [3.8, 4) is 0 Å². The summed E-state index contributed by atoms with van der Waals surface area (Å²) in [4.78, 5) is 14.0. The quantitative estimate of drug-likeness (QED) is 0.602. The molecule has 24 heavy (non-hydrogen) atoms. The van der Waals surface area contributed by atoms with E-state index in [2.05, 4.69) is 33.9 Å². The number of carbonyl (C=O) groups is 1. The Morgan fingerprint density at radius 1 is 1.17 bits per heavy atom. The van der Waals surface area contributed by atoms with Crippen molar-refractivity contribution in [2.75, 3.05) is 32.2 Å². The van der Waals surface area contributed by atoms with Crippen molar-refractivity contribution in [2.24, 2.45) is 0 Å². The molecule has 1 aromatic rings. The average molecular weight is 354 g/mol. The summed E-state index contributed by atoms with van der Waals surface area (Å²) in [5.41, 5.74) is 1.48. The van der Waals surface area contributed by atoms with Gasteiger partial charge in [-0.05, 0) is 42.4 Å². The number of aliphatic hydroxyl groups excluding tert-OH is 1. The van der Waals surface area contributed by atoms with Crippen molar-refractivity contribution in [2.45, 2.75) is 45.0 Å². The fraction of sp³-hybridized carbons (Fsp3) is 0.611. The van der Waals surface area contributed by atoms with Crippen LogP contribution in [0.4, 0.5) is 5.69 Å². The number of anilines is 1. The third-order valence-corrected chi connectivity index (χ3v) is 8.97. The number of nitrogens with zero attached hydrogens (tertiary/aromatic N) is 1. The highest BCUT2D eigenvalue weighted by Crippen LogP contribution is 2.36. The molecule has 6 heteroatoms. The zero-order valence-electron chi connectivity index (χ0n) is 15.9. The summed E-state index contributed by atoms with van der Waals surface area (Å²) in [7, 11) is 1.96. The van der Waals surface area contributed by atoms with E-state index in [-0.39, 0.29) is 18.3 Å². The summed E-state index contributed by atoms with van der Waals surface area (Å²) in [5.74, 6) is -0.438. The first kappa shape index (κ1) is 20.7. The molecule has 0 saturated heterocycles. The number of benzene rings is 1. The van der Waals surface area contributed by atoms with E-state index in [4.69, 9.17) is 9.16 Å². The molecule has 0 aliphatic heterocycles. The van der Waals surface area contributed by atoms with E-state index in [9.17, 15) is 9.90 Å². The molecule has 0 saturated carbocycles. The second-order valence-electron chi connectivity index (χ2n) is 7.76. The molecule has 0 aliphatic carbocycles. The maximum absolute atomic E-state index is 12.0. The molecule has 0 amide bonds. The van der Waals surface area contributed by atoms with Crippen LogP contribution < -0.4 is 4.90 Å². The van der Waals surface area contributed by atoms with Gasteiger partial charge < -0.3 is 19.2 Å². The number of aliphatic hydroxyl groups is 1. The second kappa shape index (κ2) is 8.14. The SMILES string of the molecule is CN(C)c1ccc(C(=O)OCC(O)CO[Si](C)(C)C(C)(C)C)cc1. The molecule has 1 rings (SSSR count). The van der Waals surface area contributed by atoms with Gasteiger partial charge in [0.1, 0.15) is 12.7 Å². The Bertz CT molecular complexity index is 535. The predicted octanol–water partition coefficient (Wildman–Crippen LogP) is 3.29. The Kier molecular flexibility index (Phi) is 7.01. The molecule has 0 radical (unpaired) electrons. The van der Waals surface area contributed by atoms with Crippen LogP contribution in [0.25, 0.3) is 0 Å². The van der Waals surface area contributed by atoms with Gasteiger partial charge >= 0.3 is 5.97 Å². The highest BCUT2D eigenvalue weighted by Gasteiger charge is 2.37. The molecule has 0 heterocycles. The van der Waals surface area contributed by atoms with Gasteiger partial charge in [-0.15, -0.1) is 0 Å². The summed E-state index contributed by atoms with van der Waals surface area (Å²) in [6, 6.07) is 7.15. The Morgan fingerprint density at radius 3 is 2.17 bits per heavy atom. The summed E-state index contributed by atoms with van der Waals surface area (Å²) in [5, 5.41) is 10.1. The molecule has 1 unspecified atom stereocenters. The lowest BCUT2D eigenvalue weighted by Crippen LogP contribution is -2.43. The number of esters is 1. The topological polar surface area (TPSA) is 59.0 Å². The zero-order chi connectivity index (χ0) is 18.5. The van der Waals surface area contributed by atoms with Crippen LogP contribution in [0.2, 0.25) is 18.1 Å². The van der Waals surface area contributed by atoms with Gasteiger partial charge in [-0.25, -0.2) is 4.79 Å². The third-order valence-electron chi connectivity index (χ3n) is 4.47. The van der Waals surface area contributed by atoms with Crippen molar-refractivity contribution in [1.29, 1.82) is 0 Å². The van der Waals surface area contributed by atoms with Crippen LogP contribution >= 0.6 is 0 Å². The van der Waals surface area contributed by atoms with Crippen molar-refractivity contribution in [3.05, 3.63) is 29.8 Å². The van der Waals surface area contributed by atoms with Gasteiger partial charge in [0.15, 0.2) is 8.32 Å². The number of hydrogen-bond donors (Lipinski definition) is 1. The molecule has 0 fully saturated rings. The minimum atomic E-state index is -1.91. The summed E-state index contributed by atoms with van der Waals surface area (Å²) in [6.45, 7) is 10.8. The molecular formula is C18H31NO4Si. The van der Waals surface area contributed by atoms with Gasteiger partial charge in [-0.3, -0.25) is 0 Å². The number of carbonyl (C=O) groups excluding carboxylic acids is 1. The van der Waals surface area contributed by atoms with E-state index in [0.29, 0.717) is 5.56 Å². The standard InChI is InChI=1S/C18H31NO4Si/c1-18(2,3)24(6,7)23-13-16(20)12-22-17(21)14-8-10-15(11-9-14)19(4)5/h8-11,16,20H,12-13H2,1-7H3. The van der Waals surface area contributed by atoms with Crippen LogP contribution in [-0.4, -0.2) is 52.8 Å². The summed E-state index contributed by atoms with van der Waals surface area (Å²) >= 11 is 0. The van der Waals surface area contributed by atoms with Crippen LogP contribution in [0.15, 0.2) is 24.3 Å². The molecule has 1 atom stereocenters. The third kappa shape index (κ3) is 5.92. The maximum atomic E-state index is 12.0. The highest BCUT2D eigenvalue weighted by atomic mass is 28.4. The molecule has 0 spiro atoms. The van der Waals surface area contributed by atoms with Crippen LogP contribution in [0.3, 0.4) is 0 Å². The monoisotopic (exact) mass is 353 g/mol. The van der Waals surface area contributed by atoms with E-state index in [1.807, 2.05) is 31.1 Å².